The van der Waals surface area contributed by atoms with Crippen molar-refractivity contribution in [2.75, 3.05) is 7.11 Å². The monoisotopic (exact) mass is 347 g/mol. The molecule has 0 unspecified atom stereocenters. The summed E-state index contributed by atoms with van der Waals surface area (Å²) in [6, 6.07) is 14.5. The lowest BCUT2D eigenvalue weighted by atomic mass is 10.2. The summed E-state index contributed by atoms with van der Waals surface area (Å²) in [4.78, 5) is 0.725. The van der Waals surface area contributed by atoms with Gasteiger partial charge in [-0.05, 0) is 59.6 Å². The van der Waals surface area contributed by atoms with E-state index >= 15 is 0 Å². The van der Waals surface area contributed by atoms with E-state index in [1.165, 1.54) is 11.3 Å². The number of aliphatic hydroxyl groups is 1. The molecule has 0 spiro atoms. The van der Waals surface area contributed by atoms with Crippen LogP contribution in [0.2, 0.25) is 0 Å². The molecular formula is C17H17NO3S2. The molecule has 0 saturated carbocycles. The Bertz CT molecular complexity index is 797. The van der Waals surface area contributed by atoms with Crippen molar-refractivity contribution in [1.29, 1.82) is 0 Å². The summed E-state index contributed by atoms with van der Waals surface area (Å²) >= 11 is 6.18. The number of hydrogen-bond donors (Lipinski definition) is 3. The zero-order valence-corrected chi connectivity index (χ0v) is 14.2. The number of phenolic OH excluding ortho intramolecular Hbond substituents is 1. The first-order valence-corrected chi connectivity index (χ1v) is 8.05. The molecule has 0 fully saturated rings. The van der Waals surface area contributed by atoms with Crippen LogP contribution in [0, 0.1) is 0 Å². The molecule has 1 heterocycles. The summed E-state index contributed by atoms with van der Waals surface area (Å²) < 4.78 is 6.20. The Hall–Kier alpha value is -2.15. The van der Waals surface area contributed by atoms with E-state index in [-0.39, 0.29) is 10.8 Å². The Labute approximate surface area is 143 Å². The molecule has 0 aliphatic carbocycles. The zero-order valence-electron chi connectivity index (χ0n) is 12.5. The maximum atomic E-state index is 9.16. The lowest BCUT2D eigenvalue weighted by Gasteiger charge is -1.97. The first-order valence-electron chi connectivity index (χ1n) is 6.82. The molecule has 0 bridgehead atoms. The molecule has 0 aliphatic rings. The normalized spacial score (nSPS) is 10.0. The van der Waals surface area contributed by atoms with Gasteiger partial charge < -0.3 is 20.7 Å². The second-order valence-electron chi connectivity index (χ2n) is 4.69. The van der Waals surface area contributed by atoms with Crippen molar-refractivity contribution in [2.45, 2.75) is 6.54 Å². The van der Waals surface area contributed by atoms with E-state index in [1.807, 2.05) is 24.3 Å². The van der Waals surface area contributed by atoms with Gasteiger partial charge in [0.15, 0.2) is 5.05 Å². The molecule has 3 aromatic rings. The Morgan fingerprint density at radius 1 is 1.17 bits per heavy atom. The van der Waals surface area contributed by atoms with E-state index in [1.54, 1.807) is 31.4 Å². The highest BCUT2D eigenvalue weighted by Gasteiger charge is 2.05. The molecule has 4 nitrogen and oxygen atoms in total. The van der Waals surface area contributed by atoms with Gasteiger partial charge in [0.05, 0.1) is 12.0 Å². The number of aromatic hydroxyl groups is 1. The minimum atomic E-state index is -0.0508. The smallest absolute Gasteiger partial charge is 0.198 e. The van der Waals surface area contributed by atoms with Gasteiger partial charge in [0.25, 0.3) is 0 Å². The lowest BCUT2D eigenvalue weighted by Crippen LogP contribution is -1.94. The van der Waals surface area contributed by atoms with Crippen molar-refractivity contribution in [2.24, 2.45) is 5.73 Å². The number of ether oxygens (including phenoxy) is 1. The van der Waals surface area contributed by atoms with Crippen molar-refractivity contribution in [3.8, 4) is 11.5 Å². The number of nitrogens with two attached hydrogens (primary N) is 1. The van der Waals surface area contributed by atoms with Crippen molar-refractivity contribution in [3.05, 3.63) is 59.0 Å². The standard InChI is InChI=1S/C10H8O2S2.C7H9NO/c1-12-7-2-3-8-6(4-7)5-9(14-8)10(11)13;8-5-6-1-3-7(9)4-2-6/h2-5H,1H3,(H,11,13);1-4,9H,5,8H2. The van der Waals surface area contributed by atoms with Gasteiger partial charge >= 0.3 is 0 Å². The molecule has 1 aromatic heterocycles. The molecule has 6 heteroatoms. The topological polar surface area (TPSA) is 75.7 Å². The highest BCUT2D eigenvalue weighted by atomic mass is 32.1. The predicted molar refractivity (Wildman–Crippen MR) is 98.7 cm³/mol. The maximum Gasteiger partial charge on any atom is 0.198 e. The molecule has 0 atom stereocenters. The van der Waals surface area contributed by atoms with Crippen LogP contribution in [0.1, 0.15) is 10.4 Å². The highest BCUT2D eigenvalue weighted by Crippen LogP contribution is 2.28. The van der Waals surface area contributed by atoms with E-state index in [9.17, 15) is 0 Å². The molecule has 3 rings (SSSR count). The Morgan fingerprint density at radius 3 is 2.43 bits per heavy atom. The zero-order chi connectivity index (χ0) is 16.8. The summed E-state index contributed by atoms with van der Waals surface area (Å²) in [5, 5.41) is 19.0. The van der Waals surface area contributed by atoms with Gasteiger partial charge in [0, 0.05) is 11.2 Å². The predicted octanol–water partition coefficient (Wildman–Crippen LogP) is 3.99. The minimum Gasteiger partial charge on any atom is -0.508 e. The largest absolute Gasteiger partial charge is 0.508 e. The fourth-order valence-electron chi connectivity index (χ4n) is 1.89. The molecule has 0 amide bonds. The molecule has 4 N–H and O–H groups in total. The highest BCUT2D eigenvalue weighted by molar-refractivity contribution is 7.80. The molecule has 0 saturated heterocycles. The lowest BCUT2D eigenvalue weighted by molar-refractivity contribution is 0.415. The van der Waals surface area contributed by atoms with Crippen LogP contribution in [-0.4, -0.2) is 22.4 Å². The number of fused-ring (bicyclic) bond motifs is 1. The van der Waals surface area contributed by atoms with Crippen molar-refractivity contribution < 1.29 is 14.9 Å². The fraction of sp³-hybridized carbons (Fsp3) is 0.118. The van der Waals surface area contributed by atoms with Crippen LogP contribution in [0.4, 0.5) is 0 Å². The van der Waals surface area contributed by atoms with Crippen LogP contribution in [0.15, 0.2) is 48.5 Å². The van der Waals surface area contributed by atoms with Crippen LogP contribution in [-0.2, 0) is 6.54 Å². The summed E-state index contributed by atoms with van der Waals surface area (Å²) in [7, 11) is 1.63. The molecular weight excluding hydrogens is 330 g/mol. The van der Waals surface area contributed by atoms with E-state index in [4.69, 9.17) is 32.9 Å². The molecule has 23 heavy (non-hydrogen) atoms. The Balaban J connectivity index is 0.000000185. The Morgan fingerprint density at radius 2 is 1.87 bits per heavy atom. The average Bonchev–Trinajstić information content (AvgIpc) is 2.99. The quantitative estimate of drug-likeness (QED) is 0.625. The van der Waals surface area contributed by atoms with Gasteiger partial charge in [-0.25, -0.2) is 0 Å². The van der Waals surface area contributed by atoms with Crippen molar-refractivity contribution in [1.82, 2.24) is 0 Å². The van der Waals surface area contributed by atoms with Gasteiger partial charge in [0.2, 0.25) is 0 Å². The first-order chi connectivity index (χ1) is 11.0. The molecule has 120 valence electrons. The van der Waals surface area contributed by atoms with Crippen LogP contribution >= 0.6 is 23.6 Å². The summed E-state index contributed by atoms with van der Waals surface area (Å²) in [5.41, 5.74) is 6.35. The molecule has 2 aromatic carbocycles. The maximum absolute atomic E-state index is 9.16. The van der Waals surface area contributed by atoms with Gasteiger partial charge in [-0.1, -0.05) is 12.1 Å². The first kappa shape index (κ1) is 17.2. The van der Waals surface area contributed by atoms with E-state index < -0.39 is 0 Å². The van der Waals surface area contributed by atoms with Crippen LogP contribution in [0.5, 0.6) is 11.5 Å². The van der Waals surface area contributed by atoms with Crippen LogP contribution in [0.25, 0.3) is 10.1 Å². The van der Waals surface area contributed by atoms with Gasteiger partial charge in [0.1, 0.15) is 11.5 Å². The van der Waals surface area contributed by atoms with Crippen molar-refractivity contribution >= 4 is 38.7 Å². The van der Waals surface area contributed by atoms with E-state index in [2.05, 4.69) is 0 Å². The third-order valence-corrected chi connectivity index (χ3v) is 4.58. The number of thiophene rings is 1. The Kier molecular flexibility index (Phi) is 5.92. The summed E-state index contributed by atoms with van der Waals surface area (Å²) in [5.74, 6) is 1.10. The van der Waals surface area contributed by atoms with Crippen LogP contribution in [0.3, 0.4) is 0 Å². The second kappa shape index (κ2) is 7.92. The SMILES string of the molecule is COc1ccc2sc(C(O)=S)cc2c1.NCc1ccc(O)cc1. The number of phenols is 1. The third kappa shape index (κ3) is 4.66. The minimum absolute atomic E-state index is 0.0508. The van der Waals surface area contributed by atoms with Gasteiger partial charge in [-0.3, -0.25) is 0 Å². The van der Waals surface area contributed by atoms with Crippen molar-refractivity contribution in [3.63, 3.8) is 0 Å². The number of benzene rings is 2. The molecule has 0 radical (unpaired) electrons. The van der Waals surface area contributed by atoms with Gasteiger partial charge in [-0.2, -0.15) is 0 Å². The second-order valence-corrected chi connectivity index (χ2v) is 6.16. The number of thiocarbonyl (C=S) groups is 1. The summed E-state index contributed by atoms with van der Waals surface area (Å²) in [6.07, 6.45) is 0. The summed E-state index contributed by atoms with van der Waals surface area (Å²) in [6.45, 7) is 0.528. The fourth-order valence-corrected chi connectivity index (χ4v) is 2.95. The van der Waals surface area contributed by atoms with Gasteiger partial charge in [-0.15, -0.1) is 11.3 Å². The number of methoxy groups -OCH3 is 1. The number of hydrogen-bond acceptors (Lipinski definition) is 5. The van der Waals surface area contributed by atoms with E-state index in [0.717, 1.165) is 26.3 Å². The molecule has 0 aliphatic heterocycles. The van der Waals surface area contributed by atoms with Crippen LogP contribution < -0.4 is 10.5 Å². The number of aliphatic hydroxyl groups excluding tert-OH is 1. The third-order valence-electron chi connectivity index (χ3n) is 3.11. The average molecular weight is 347 g/mol. The van der Waals surface area contributed by atoms with E-state index in [0.29, 0.717) is 6.54 Å². The number of rotatable bonds is 3.